The van der Waals surface area contributed by atoms with E-state index >= 15 is 0 Å². The minimum absolute atomic E-state index is 0.390. The molecular weight excluding hydrogens is 244 g/mol. The molecule has 1 aromatic rings. The van der Waals surface area contributed by atoms with E-state index < -0.39 is 17.7 Å². The van der Waals surface area contributed by atoms with Crippen molar-refractivity contribution in [1.82, 2.24) is 0 Å². The first-order valence-corrected chi connectivity index (χ1v) is 6.21. The van der Waals surface area contributed by atoms with Crippen molar-refractivity contribution in [3.63, 3.8) is 0 Å². The van der Waals surface area contributed by atoms with Gasteiger partial charge < -0.3 is 9.47 Å². The number of carbonyl (C=O) groups excluding carboxylic acids is 2. The van der Waals surface area contributed by atoms with Crippen LogP contribution in [0.5, 0.6) is 0 Å². The molecule has 0 radical (unpaired) electrons. The fraction of sp³-hybridized carbons (Fsp3) is 0.333. The molecule has 1 atom stereocenters. The van der Waals surface area contributed by atoms with E-state index in [2.05, 4.69) is 0 Å². The molecule has 0 amide bonds. The Kier molecular flexibility index (Phi) is 2.49. The molecule has 0 saturated carbocycles. The summed E-state index contributed by atoms with van der Waals surface area (Å²) in [6.07, 6.45) is 1.79. The van der Waals surface area contributed by atoms with Crippen LogP contribution in [-0.2, 0) is 14.3 Å². The zero-order valence-electron chi connectivity index (χ0n) is 10.8. The number of hydrogen-bond donors (Lipinski definition) is 0. The molecule has 0 saturated heterocycles. The van der Waals surface area contributed by atoms with Gasteiger partial charge in [0, 0.05) is 12.0 Å². The summed E-state index contributed by atoms with van der Waals surface area (Å²) in [6, 6.07) is 7.11. The van der Waals surface area contributed by atoms with Crippen LogP contribution in [0.1, 0.15) is 42.3 Å². The summed E-state index contributed by atoms with van der Waals surface area (Å²) >= 11 is 0. The van der Waals surface area contributed by atoms with Gasteiger partial charge in [-0.3, -0.25) is 0 Å². The molecule has 0 bridgehead atoms. The third-order valence-electron chi connectivity index (χ3n) is 3.39. The lowest BCUT2D eigenvalue weighted by Gasteiger charge is -2.30. The number of rotatable bonds is 1. The number of ether oxygens (including phenoxy) is 2. The standard InChI is InChI=1S/C15H14O4/c1-15(2)8-7-11(14(17)19-15)12-9-5-3-4-6-10(9)13(16)18-12/h3-7,12H,8H2,1-2H3/t12-/m0/s1. The van der Waals surface area contributed by atoms with Crippen LogP contribution < -0.4 is 0 Å². The molecule has 0 aliphatic carbocycles. The third kappa shape index (κ3) is 1.93. The Morgan fingerprint density at radius 1 is 1.16 bits per heavy atom. The number of esters is 2. The molecule has 0 unspecified atom stereocenters. The van der Waals surface area contributed by atoms with Crippen molar-refractivity contribution in [1.29, 1.82) is 0 Å². The molecule has 4 nitrogen and oxygen atoms in total. The first kappa shape index (κ1) is 12.0. The van der Waals surface area contributed by atoms with Crippen molar-refractivity contribution in [3.05, 3.63) is 47.0 Å². The zero-order valence-corrected chi connectivity index (χ0v) is 10.8. The predicted octanol–water partition coefficient (Wildman–Crippen LogP) is 2.55. The highest BCUT2D eigenvalue weighted by Crippen LogP contribution is 2.39. The van der Waals surface area contributed by atoms with E-state index in [1.165, 1.54) is 0 Å². The average Bonchev–Trinajstić information content (AvgIpc) is 2.67. The molecule has 0 aromatic heterocycles. The largest absolute Gasteiger partial charge is 0.456 e. The molecule has 4 heteroatoms. The lowest BCUT2D eigenvalue weighted by molar-refractivity contribution is -0.154. The molecule has 3 rings (SSSR count). The third-order valence-corrected chi connectivity index (χ3v) is 3.39. The summed E-state index contributed by atoms with van der Waals surface area (Å²) in [5, 5.41) is 0. The molecular formula is C15H14O4. The van der Waals surface area contributed by atoms with Crippen molar-refractivity contribution in [2.24, 2.45) is 0 Å². The fourth-order valence-electron chi connectivity index (χ4n) is 2.38. The lowest BCUT2D eigenvalue weighted by atomic mass is 9.93. The Hall–Kier alpha value is -2.10. The van der Waals surface area contributed by atoms with Crippen LogP contribution in [0.25, 0.3) is 0 Å². The number of fused-ring (bicyclic) bond motifs is 1. The summed E-state index contributed by atoms with van der Waals surface area (Å²) in [4.78, 5) is 23.8. The topological polar surface area (TPSA) is 52.6 Å². The summed E-state index contributed by atoms with van der Waals surface area (Å²) in [6.45, 7) is 3.71. The average molecular weight is 258 g/mol. The van der Waals surface area contributed by atoms with Gasteiger partial charge in [0.15, 0.2) is 6.10 Å². The molecule has 98 valence electrons. The predicted molar refractivity (Wildman–Crippen MR) is 67.5 cm³/mol. The maximum Gasteiger partial charge on any atom is 0.339 e. The van der Waals surface area contributed by atoms with Gasteiger partial charge in [0.1, 0.15) is 5.60 Å². The molecule has 1 aromatic carbocycles. The van der Waals surface area contributed by atoms with Crippen LogP contribution in [0, 0.1) is 0 Å². The van der Waals surface area contributed by atoms with Crippen molar-refractivity contribution in [2.75, 3.05) is 0 Å². The second-order valence-electron chi connectivity index (χ2n) is 5.39. The maximum absolute atomic E-state index is 12.0. The molecule has 2 aliphatic rings. The first-order chi connectivity index (χ1) is 8.98. The number of carbonyl (C=O) groups is 2. The van der Waals surface area contributed by atoms with E-state index in [0.29, 0.717) is 17.6 Å². The van der Waals surface area contributed by atoms with Crippen molar-refractivity contribution < 1.29 is 19.1 Å². The van der Waals surface area contributed by atoms with Gasteiger partial charge in [-0.25, -0.2) is 9.59 Å². The Morgan fingerprint density at radius 2 is 1.89 bits per heavy atom. The molecule has 2 heterocycles. The van der Waals surface area contributed by atoms with Crippen LogP contribution in [-0.4, -0.2) is 17.5 Å². The van der Waals surface area contributed by atoms with Crippen LogP contribution in [0.2, 0.25) is 0 Å². The normalized spacial score (nSPS) is 24.3. The SMILES string of the molecule is CC1(C)CC=C([C@H]2OC(=O)c3ccccc32)C(=O)O1. The quantitative estimate of drug-likeness (QED) is 0.726. The number of hydrogen-bond acceptors (Lipinski definition) is 4. The van der Waals surface area contributed by atoms with Crippen LogP contribution >= 0.6 is 0 Å². The van der Waals surface area contributed by atoms with E-state index in [4.69, 9.17) is 9.47 Å². The minimum atomic E-state index is -0.632. The van der Waals surface area contributed by atoms with Gasteiger partial charge in [0.25, 0.3) is 0 Å². The van der Waals surface area contributed by atoms with Gasteiger partial charge in [-0.1, -0.05) is 24.3 Å². The van der Waals surface area contributed by atoms with Crippen molar-refractivity contribution in [3.8, 4) is 0 Å². The number of cyclic esters (lactones) is 2. The van der Waals surface area contributed by atoms with E-state index in [1.54, 1.807) is 18.2 Å². The highest BCUT2D eigenvalue weighted by atomic mass is 16.6. The lowest BCUT2D eigenvalue weighted by Crippen LogP contribution is -2.33. The highest BCUT2D eigenvalue weighted by molar-refractivity contribution is 5.98. The molecule has 0 spiro atoms. The van der Waals surface area contributed by atoms with Gasteiger partial charge in [-0.15, -0.1) is 0 Å². The van der Waals surface area contributed by atoms with E-state index in [1.807, 2.05) is 26.0 Å². The second-order valence-corrected chi connectivity index (χ2v) is 5.39. The smallest absolute Gasteiger partial charge is 0.339 e. The van der Waals surface area contributed by atoms with Crippen molar-refractivity contribution in [2.45, 2.75) is 32.0 Å². The summed E-state index contributed by atoms with van der Waals surface area (Å²) in [7, 11) is 0. The monoisotopic (exact) mass is 258 g/mol. The first-order valence-electron chi connectivity index (χ1n) is 6.21. The van der Waals surface area contributed by atoms with Crippen LogP contribution in [0.4, 0.5) is 0 Å². The Morgan fingerprint density at radius 3 is 2.63 bits per heavy atom. The Bertz CT molecular complexity index is 598. The molecule has 0 N–H and O–H groups in total. The van der Waals surface area contributed by atoms with Gasteiger partial charge in [-0.05, 0) is 19.9 Å². The number of benzene rings is 1. The van der Waals surface area contributed by atoms with Gasteiger partial charge in [-0.2, -0.15) is 0 Å². The van der Waals surface area contributed by atoms with Crippen LogP contribution in [0.15, 0.2) is 35.9 Å². The van der Waals surface area contributed by atoms with Gasteiger partial charge in [0.05, 0.1) is 11.1 Å². The fourth-order valence-corrected chi connectivity index (χ4v) is 2.38. The van der Waals surface area contributed by atoms with E-state index in [9.17, 15) is 9.59 Å². The Balaban J connectivity index is 2.00. The molecule has 0 fully saturated rings. The summed E-state index contributed by atoms with van der Waals surface area (Å²) in [5.74, 6) is -0.801. The van der Waals surface area contributed by atoms with E-state index in [0.717, 1.165) is 5.56 Å². The molecule has 19 heavy (non-hydrogen) atoms. The minimum Gasteiger partial charge on any atom is -0.456 e. The zero-order chi connectivity index (χ0) is 13.6. The Labute approximate surface area is 111 Å². The van der Waals surface area contributed by atoms with Crippen LogP contribution in [0.3, 0.4) is 0 Å². The molecule has 2 aliphatic heterocycles. The maximum atomic E-state index is 12.0. The summed E-state index contributed by atoms with van der Waals surface area (Å²) < 4.78 is 10.7. The van der Waals surface area contributed by atoms with Gasteiger partial charge in [0.2, 0.25) is 0 Å². The van der Waals surface area contributed by atoms with E-state index in [-0.39, 0.29) is 5.97 Å². The van der Waals surface area contributed by atoms with Crippen molar-refractivity contribution >= 4 is 11.9 Å². The van der Waals surface area contributed by atoms with Gasteiger partial charge >= 0.3 is 11.9 Å². The summed E-state index contributed by atoms with van der Waals surface area (Å²) in [5.41, 5.74) is 1.17. The highest BCUT2D eigenvalue weighted by Gasteiger charge is 2.40. The second kappa shape index (κ2) is 3.95.